The quantitative estimate of drug-likeness (QED) is 0.482. The molecule has 0 saturated carbocycles. The van der Waals surface area contributed by atoms with E-state index in [2.05, 4.69) is 4.98 Å². The van der Waals surface area contributed by atoms with E-state index in [0.29, 0.717) is 39.1 Å². The van der Waals surface area contributed by atoms with E-state index in [-0.39, 0.29) is 17.4 Å². The van der Waals surface area contributed by atoms with Gasteiger partial charge < -0.3 is 0 Å². The molecule has 7 heteroatoms. The number of amides is 1. The Balaban J connectivity index is 1.81. The molecule has 7 nitrogen and oxygen atoms in total. The van der Waals surface area contributed by atoms with E-state index >= 15 is 0 Å². The number of nitro benzene ring substituents is 1. The van der Waals surface area contributed by atoms with Crippen LogP contribution in [-0.4, -0.2) is 21.6 Å². The van der Waals surface area contributed by atoms with Crippen molar-refractivity contribution in [2.45, 2.75) is 13.8 Å². The molecule has 1 aromatic heterocycles. The van der Waals surface area contributed by atoms with Gasteiger partial charge in [-0.25, -0.2) is 4.98 Å². The Kier molecular flexibility index (Phi) is 3.31. The summed E-state index contributed by atoms with van der Waals surface area (Å²) >= 11 is 0. The van der Waals surface area contributed by atoms with Gasteiger partial charge >= 0.3 is 0 Å². The summed E-state index contributed by atoms with van der Waals surface area (Å²) in [5, 5.41) is 11.7. The van der Waals surface area contributed by atoms with Gasteiger partial charge in [0.05, 0.1) is 21.7 Å². The largest absolute Gasteiger partial charge is 0.291 e. The molecule has 2 heterocycles. The van der Waals surface area contributed by atoms with Gasteiger partial charge in [-0.1, -0.05) is 18.2 Å². The Labute approximate surface area is 165 Å². The summed E-state index contributed by atoms with van der Waals surface area (Å²) in [5.74, 6) is -0.410. The predicted octanol–water partition coefficient (Wildman–Crippen LogP) is 4.37. The summed E-state index contributed by atoms with van der Waals surface area (Å²) < 4.78 is 0. The lowest BCUT2D eigenvalue weighted by Gasteiger charge is -2.28. The molecule has 0 spiro atoms. The molecule has 1 aliphatic heterocycles. The number of carbonyl (C=O) groups excluding carboxylic acids is 2. The molecule has 0 atom stereocenters. The summed E-state index contributed by atoms with van der Waals surface area (Å²) in [7, 11) is 0. The standard InChI is InChI=1S/C22H15N3O4/c1-22(2)11-16-18-17(14-5-3-4-6-15(14)23-19(18)20(22)26)21(27)24(16)12-7-9-13(10-8-12)25(28)29/h3-11H,1-2H3. The van der Waals surface area contributed by atoms with Gasteiger partial charge in [-0.05, 0) is 38.1 Å². The molecule has 3 aromatic rings. The number of hydrogen-bond donors (Lipinski definition) is 0. The number of non-ortho nitro benzene ring substituents is 1. The highest BCUT2D eigenvalue weighted by Gasteiger charge is 2.46. The van der Waals surface area contributed by atoms with Gasteiger partial charge in [-0.3, -0.25) is 24.6 Å². The third kappa shape index (κ3) is 2.27. The van der Waals surface area contributed by atoms with Gasteiger partial charge in [0.2, 0.25) is 0 Å². The first-order valence-electron chi connectivity index (χ1n) is 9.09. The maximum absolute atomic E-state index is 13.5. The zero-order valence-corrected chi connectivity index (χ0v) is 15.7. The molecule has 2 aromatic carbocycles. The lowest BCUT2D eigenvalue weighted by Crippen LogP contribution is -2.30. The number of carbonyl (C=O) groups is 2. The Morgan fingerprint density at radius 2 is 1.69 bits per heavy atom. The van der Waals surface area contributed by atoms with E-state index in [4.69, 9.17) is 0 Å². The molecule has 0 radical (unpaired) electrons. The molecule has 1 aliphatic carbocycles. The summed E-state index contributed by atoms with van der Waals surface area (Å²) in [4.78, 5) is 43.2. The third-order valence-electron chi connectivity index (χ3n) is 5.42. The van der Waals surface area contributed by atoms with Crippen LogP contribution in [0.3, 0.4) is 0 Å². The van der Waals surface area contributed by atoms with E-state index in [0.717, 1.165) is 0 Å². The fraction of sp³-hybridized carbons (Fsp3) is 0.136. The molecule has 0 bridgehead atoms. The van der Waals surface area contributed by atoms with Crippen molar-refractivity contribution in [3.8, 4) is 0 Å². The molecule has 0 N–H and O–H groups in total. The molecule has 0 fully saturated rings. The number of nitrogens with zero attached hydrogens (tertiary/aromatic N) is 3. The smallest absolute Gasteiger partial charge is 0.269 e. The summed E-state index contributed by atoms with van der Waals surface area (Å²) in [6.07, 6.45) is 1.78. The minimum Gasteiger partial charge on any atom is -0.291 e. The topological polar surface area (TPSA) is 93.4 Å². The van der Waals surface area contributed by atoms with Crippen molar-refractivity contribution in [3.05, 3.63) is 81.5 Å². The number of rotatable bonds is 2. The second-order valence-electron chi connectivity index (χ2n) is 7.72. The second-order valence-corrected chi connectivity index (χ2v) is 7.72. The van der Waals surface area contributed by atoms with E-state index in [1.54, 1.807) is 38.1 Å². The zero-order chi connectivity index (χ0) is 20.5. The molecular formula is C22H15N3O4. The van der Waals surface area contributed by atoms with Crippen LogP contribution in [0.5, 0.6) is 0 Å². The van der Waals surface area contributed by atoms with Crippen LogP contribution in [0.25, 0.3) is 16.6 Å². The number of allylic oxidation sites excluding steroid dienone is 1. The van der Waals surface area contributed by atoms with Crippen LogP contribution in [0.15, 0.2) is 54.6 Å². The van der Waals surface area contributed by atoms with Crippen molar-refractivity contribution < 1.29 is 14.5 Å². The van der Waals surface area contributed by atoms with Crippen LogP contribution >= 0.6 is 0 Å². The maximum atomic E-state index is 13.5. The van der Waals surface area contributed by atoms with Gasteiger partial charge in [0.15, 0.2) is 5.78 Å². The first-order chi connectivity index (χ1) is 13.8. The fourth-order valence-corrected chi connectivity index (χ4v) is 4.01. The summed E-state index contributed by atoms with van der Waals surface area (Å²) in [5.41, 5.74) is 2.07. The van der Waals surface area contributed by atoms with Gasteiger partial charge in [0, 0.05) is 34.2 Å². The van der Waals surface area contributed by atoms with Crippen molar-refractivity contribution in [2.75, 3.05) is 4.90 Å². The molecule has 5 rings (SSSR count). The number of pyridine rings is 1. The normalized spacial score (nSPS) is 16.8. The highest BCUT2D eigenvalue weighted by atomic mass is 16.6. The molecule has 2 aliphatic rings. The molecule has 29 heavy (non-hydrogen) atoms. The average Bonchev–Trinajstić information content (AvgIpc) is 2.98. The summed E-state index contributed by atoms with van der Waals surface area (Å²) in [6.45, 7) is 3.58. The number of benzene rings is 2. The maximum Gasteiger partial charge on any atom is 0.269 e. The lowest BCUT2D eigenvalue weighted by molar-refractivity contribution is -0.384. The number of fused-ring (bicyclic) bond motifs is 2. The van der Waals surface area contributed by atoms with E-state index < -0.39 is 10.3 Å². The first kappa shape index (κ1) is 17.2. The van der Waals surface area contributed by atoms with Crippen LogP contribution in [0.1, 0.15) is 40.3 Å². The van der Waals surface area contributed by atoms with E-state index in [1.807, 2.05) is 18.2 Å². The lowest BCUT2D eigenvalue weighted by atomic mass is 9.78. The second kappa shape index (κ2) is 5.57. The first-order valence-corrected chi connectivity index (χ1v) is 9.09. The minimum atomic E-state index is -0.835. The SMILES string of the molecule is CC1(C)C=C2c3c(nc4ccccc4c3C(=O)N2c2ccc([N+](=O)[O-])cc2)C1=O. The van der Waals surface area contributed by atoms with Crippen LogP contribution < -0.4 is 4.90 Å². The molecule has 142 valence electrons. The highest BCUT2D eigenvalue weighted by molar-refractivity contribution is 6.30. The van der Waals surface area contributed by atoms with Crippen molar-refractivity contribution in [2.24, 2.45) is 5.41 Å². The van der Waals surface area contributed by atoms with Crippen LogP contribution in [0.4, 0.5) is 11.4 Å². The molecule has 0 saturated heterocycles. The number of hydrogen-bond acceptors (Lipinski definition) is 5. The zero-order valence-electron chi connectivity index (χ0n) is 15.7. The fourth-order valence-electron chi connectivity index (χ4n) is 4.01. The number of aromatic nitrogens is 1. The van der Waals surface area contributed by atoms with Crippen molar-refractivity contribution in [1.82, 2.24) is 4.98 Å². The van der Waals surface area contributed by atoms with E-state index in [1.165, 1.54) is 17.0 Å². The van der Waals surface area contributed by atoms with Gasteiger partial charge in [-0.15, -0.1) is 0 Å². The molecular weight excluding hydrogens is 370 g/mol. The molecule has 0 unspecified atom stereocenters. The van der Waals surface area contributed by atoms with Crippen molar-refractivity contribution >= 4 is 39.7 Å². The monoisotopic (exact) mass is 385 g/mol. The van der Waals surface area contributed by atoms with Gasteiger partial charge in [-0.2, -0.15) is 0 Å². The van der Waals surface area contributed by atoms with Gasteiger partial charge in [0.25, 0.3) is 11.6 Å². The number of ketones is 1. The Bertz CT molecular complexity index is 1290. The Hall–Kier alpha value is -3.87. The van der Waals surface area contributed by atoms with Crippen molar-refractivity contribution in [1.29, 1.82) is 0 Å². The average molecular weight is 385 g/mol. The minimum absolute atomic E-state index is 0.0566. The Morgan fingerprint density at radius 1 is 1.00 bits per heavy atom. The number of para-hydroxylation sites is 1. The number of Topliss-reactive ketones (excluding diaryl/α,β-unsaturated/α-hetero) is 1. The van der Waals surface area contributed by atoms with Gasteiger partial charge in [0.1, 0.15) is 5.69 Å². The van der Waals surface area contributed by atoms with Crippen LogP contribution in [0, 0.1) is 15.5 Å². The highest BCUT2D eigenvalue weighted by Crippen LogP contribution is 2.47. The van der Waals surface area contributed by atoms with Crippen molar-refractivity contribution in [3.63, 3.8) is 0 Å². The Morgan fingerprint density at radius 3 is 2.38 bits per heavy atom. The molecule has 1 amide bonds. The van der Waals surface area contributed by atoms with E-state index in [9.17, 15) is 19.7 Å². The van der Waals surface area contributed by atoms with Crippen LogP contribution in [-0.2, 0) is 0 Å². The number of nitro groups is 1. The predicted molar refractivity (Wildman–Crippen MR) is 108 cm³/mol. The summed E-state index contributed by atoms with van der Waals surface area (Å²) in [6, 6.07) is 13.1. The third-order valence-corrected chi connectivity index (χ3v) is 5.42. The number of anilines is 1. The van der Waals surface area contributed by atoms with Crippen LogP contribution in [0.2, 0.25) is 0 Å².